The van der Waals surface area contributed by atoms with Crippen LogP contribution in [0.5, 0.6) is 0 Å². The van der Waals surface area contributed by atoms with E-state index in [-0.39, 0.29) is 10.9 Å². The molecule has 0 aliphatic carbocycles. The molecule has 1 aliphatic heterocycles. The molecule has 0 radical (unpaired) electrons. The van der Waals surface area contributed by atoms with Crippen LogP contribution in [0.25, 0.3) is 22.2 Å². The van der Waals surface area contributed by atoms with Gasteiger partial charge in [-0.25, -0.2) is 4.39 Å². The number of pyridine rings is 1. The molecule has 1 fully saturated rings. The minimum absolute atomic E-state index is 0.00183. The van der Waals surface area contributed by atoms with Gasteiger partial charge in [-0.2, -0.15) is 5.26 Å². The van der Waals surface area contributed by atoms with Gasteiger partial charge in [0, 0.05) is 31.6 Å². The molecule has 1 aromatic heterocycles. The summed E-state index contributed by atoms with van der Waals surface area (Å²) in [6, 6.07) is 14.1. The summed E-state index contributed by atoms with van der Waals surface area (Å²) in [5, 5.41) is 12.9. The summed E-state index contributed by atoms with van der Waals surface area (Å²) in [4.78, 5) is 17.9. The highest BCUT2D eigenvalue weighted by Crippen LogP contribution is 2.27. The fourth-order valence-electron chi connectivity index (χ4n) is 3.37. The number of hydrogen-bond acceptors (Lipinski definition) is 4. The van der Waals surface area contributed by atoms with Gasteiger partial charge in [0.1, 0.15) is 17.4 Å². The standard InChI is InChI=1S/C20H17FN4O/c21-16-10-14-17(11-18(16)25-8-6-23-7-9-25)24-19(15(12-22)20(14)26)13-4-2-1-3-5-13/h1-5,10-11,23H,6-9H2,(H,24,26). The van der Waals surface area contributed by atoms with Crippen molar-refractivity contribution in [2.45, 2.75) is 0 Å². The van der Waals surface area contributed by atoms with E-state index in [2.05, 4.69) is 10.3 Å². The van der Waals surface area contributed by atoms with E-state index in [1.54, 1.807) is 6.07 Å². The number of aromatic amines is 1. The maximum absolute atomic E-state index is 14.6. The highest BCUT2D eigenvalue weighted by molar-refractivity contribution is 5.87. The van der Waals surface area contributed by atoms with Gasteiger partial charge in [-0.05, 0) is 17.7 Å². The van der Waals surface area contributed by atoms with E-state index in [0.29, 0.717) is 30.0 Å². The number of hydrogen-bond donors (Lipinski definition) is 2. The van der Waals surface area contributed by atoms with Crippen molar-refractivity contribution >= 4 is 16.6 Å². The quantitative estimate of drug-likeness (QED) is 0.747. The molecule has 2 aromatic carbocycles. The van der Waals surface area contributed by atoms with Crippen molar-refractivity contribution in [2.24, 2.45) is 0 Å². The Morgan fingerprint density at radius 1 is 1.12 bits per heavy atom. The van der Waals surface area contributed by atoms with Crippen LogP contribution in [0.3, 0.4) is 0 Å². The van der Waals surface area contributed by atoms with Crippen molar-refractivity contribution in [3.05, 3.63) is 64.1 Å². The molecular formula is C20H17FN4O. The first-order valence-corrected chi connectivity index (χ1v) is 8.50. The number of H-pyrrole nitrogens is 1. The van der Waals surface area contributed by atoms with Gasteiger partial charge in [-0.1, -0.05) is 30.3 Å². The average molecular weight is 348 g/mol. The van der Waals surface area contributed by atoms with Crippen LogP contribution >= 0.6 is 0 Å². The first kappa shape index (κ1) is 16.3. The molecule has 2 heterocycles. The van der Waals surface area contributed by atoms with Crippen molar-refractivity contribution in [1.82, 2.24) is 10.3 Å². The number of fused-ring (bicyclic) bond motifs is 1. The maximum atomic E-state index is 14.6. The van der Waals surface area contributed by atoms with Crippen molar-refractivity contribution in [3.8, 4) is 17.3 Å². The molecule has 0 bridgehead atoms. The zero-order valence-corrected chi connectivity index (χ0v) is 14.1. The Labute approximate surface area is 149 Å². The van der Waals surface area contributed by atoms with E-state index in [1.165, 1.54) is 6.07 Å². The third-order valence-electron chi connectivity index (χ3n) is 4.70. The molecule has 4 rings (SSSR count). The largest absolute Gasteiger partial charge is 0.367 e. The molecule has 5 nitrogen and oxygen atoms in total. The summed E-state index contributed by atoms with van der Waals surface area (Å²) in [6.45, 7) is 2.98. The predicted octanol–water partition coefficient (Wildman–Crippen LogP) is 2.62. The molecule has 0 atom stereocenters. The Hall–Kier alpha value is -3.17. The van der Waals surface area contributed by atoms with Gasteiger partial charge < -0.3 is 15.2 Å². The topological polar surface area (TPSA) is 71.9 Å². The Bertz CT molecular complexity index is 1060. The summed E-state index contributed by atoms with van der Waals surface area (Å²) in [6.07, 6.45) is 0. The zero-order chi connectivity index (χ0) is 18.1. The summed E-state index contributed by atoms with van der Waals surface area (Å²) in [5.41, 5.74) is 1.75. The normalized spacial score (nSPS) is 14.4. The number of piperazine rings is 1. The van der Waals surface area contributed by atoms with Crippen LogP contribution in [0.15, 0.2) is 47.3 Å². The second-order valence-electron chi connectivity index (χ2n) is 6.27. The number of nitrogens with zero attached hydrogens (tertiary/aromatic N) is 2. The van der Waals surface area contributed by atoms with Gasteiger partial charge in [-0.3, -0.25) is 4.79 Å². The van der Waals surface area contributed by atoms with Crippen molar-refractivity contribution < 1.29 is 4.39 Å². The molecular weight excluding hydrogens is 331 g/mol. The molecule has 1 saturated heterocycles. The summed E-state index contributed by atoms with van der Waals surface area (Å²) in [5.74, 6) is -0.443. The number of aromatic nitrogens is 1. The SMILES string of the molecule is N#Cc1c(-c2ccccc2)[nH]c2cc(N3CCNCC3)c(F)cc2c1=O. The van der Waals surface area contributed by atoms with E-state index < -0.39 is 11.2 Å². The number of anilines is 1. The average Bonchev–Trinajstić information content (AvgIpc) is 2.69. The maximum Gasteiger partial charge on any atom is 0.207 e. The molecule has 0 spiro atoms. The Morgan fingerprint density at radius 2 is 1.85 bits per heavy atom. The van der Waals surface area contributed by atoms with Crippen LogP contribution in [-0.4, -0.2) is 31.2 Å². The van der Waals surface area contributed by atoms with Gasteiger partial charge >= 0.3 is 0 Å². The molecule has 0 unspecified atom stereocenters. The molecule has 0 amide bonds. The van der Waals surface area contributed by atoms with Crippen molar-refractivity contribution in [3.63, 3.8) is 0 Å². The molecule has 3 aromatic rings. The fraction of sp³-hybridized carbons (Fsp3) is 0.200. The van der Waals surface area contributed by atoms with E-state index >= 15 is 0 Å². The second kappa shape index (κ2) is 6.62. The lowest BCUT2D eigenvalue weighted by molar-refractivity contribution is 0.567. The van der Waals surface area contributed by atoms with Gasteiger partial charge in [-0.15, -0.1) is 0 Å². The molecule has 2 N–H and O–H groups in total. The summed E-state index contributed by atoms with van der Waals surface area (Å²) >= 11 is 0. The molecule has 26 heavy (non-hydrogen) atoms. The van der Waals surface area contributed by atoms with Gasteiger partial charge in [0.05, 0.1) is 16.9 Å². The minimum Gasteiger partial charge on any atom is -0.367 e. The van der Waals surface area contributed by atoms with Gasteiger partial charge in [0.25, 0.3) is 0 Å². The first-order chi connectivity index (χ1) is 12.7. The van der Waals surface area contributed by atoms with E-state index in [0.717, 1.165) is 18.7 Å². The van der Waals surface area contributed by atoms with E-state index in [4.69, 9.17) is 0 Å². The smallest absolute Gasteiger partial charge is 0.207 e. The molecule has 130 valence electrons. The molecule has 1 aliphatic rings. The number of halogens is 1. The lowest BCUT2D eigenvalue weighted by Crippen LogP contribution is -2.43. The van der Waals surface area contributed by atoms with Gasteiger partial charge in [0.15, 0.2) is 0 Å². The van der Waals surface area contributed by atoms with Crippen LogP contribution in [0.1, 0.15) is 5.56 Å². The third-order valence-corrected chi connectivity index (χ3v) is 4.70. The monoisotopic (exact) mass is 348 g/mol. The molecule has 6 heteroatoms. The fourth-order valence-corrected chi connectivity index (χ4v) is 3.37. The third kappa shape index (κ3) is 2.72. The number of nitrogens with one attached hydrogen (secondary N) is 2. The predicted molar refractivity (Wildman–Crippen MR) is 99.8 cm³/mol. The summed E-state index contributed by atoms with van der Waals surface area (Å²) < 4.78 is 14.6. The summed E-state index contributed by atoms with van der Waals surface area (Å²) in [7, 11) is 0. The second-order valence-corrected chi connectivity index (χ2v) is 6.27. The molecule has 0 saturated carbocycles. The van der Waals surface area contributed by atoms with Crippen LogP contribution in [0.2, 0.25) is 0 Å². The Balaban J connectivity index is 1.95. The minimum atomic E-state index is -0.453. The highest BCUT2D eigenvalue weighted by atomic mass is 19.1. The first-order valence-electron chi connectivity index (χ1n) is 8.50. The van der Waals surface area contributed by atoms with Crippen LogP contribution in [-0.2, 0) is 0 Å². The number of rotatable bonds is 2. The van der Waals surface area contributed by atoms with E-state index in [1.807, 2.05) is 41.3 Å². The van der Waals surface area contributed by atoms with Crippen LogP contribution in [0.4, 0.5) is 10.1 Å². The highest BCUT2D eigenvalue weighted by Gasteiger charge is 2.19. The van der Waals surface area contributed by atoms with Crippen molar-refractivity contribution in [1.29, 1.82) is 5.26 Å². The van der Waals surface area contributed by atoms with E-state index in [9.17, 15) is 14.4 Å². The number of nitriles is 1. The lowest BCUT2D eigenvalue weighted by atomic mass is 10.0. The van der Waals surface area contributed by atoms with Crippen molar-refractivity contribution in [2.75, 3.05) is 31.1 Å². The van der Waals surface area contributed by atoms with Crippen LogP contribution < -0.4 is 15.6 Å². The zero-order valence-electron chi connectivity index (χ0n) is 14.1. The van der Waals surface area contributed by atoms with Gasteiger partial charge in [0.2, 0.25) is 5.43 Å². The lowest BCUT2D eigenvalue weighted by Gasteiger charge is -2.29. The van der Waals surface area contributed by atoms with Crippen LogP contribution in [0, 0.1) is 17.1 Å². The Kier molecular flexibility index (Phi) is 4.15. The number of benzene rings is 2. The Morgan fingerprint density at radius 3 is 2.54 bits per heavy atom.